The largest absolute Gasteiger partial charge is 0.407 e. The summed E-state index contributed by atoms with van der Waals surface area (Å²) in [6.45, 7) is 2.45. The molecule has 3 heterocycles. The quantitative estimate of drug-likeness (QED) is 0.621. The van der Waals surface area contributed by atoms with E-state index in [0.29, 0.717) is 24.4 Å². The van der Waals surface area contributed by atoms with Crippen LogP contribution in [0.1, 0.15) is 47.3 Å². The van der Waals surface area contributed by atoms with E-state index in [0.717, 1.165) is 24.1 Å². The number of amides is 1. The highest BCUT2D eigenvalue weighted by atomic mass is 32.2. The Morgan fingerprint density at radius 3 is 2.73 bits per heavy atom. The molecule has 0 bridgehead atoms. The zero-order valence-corrected chi connectivity index (χ0v) is 18.1. The number of hydrogen-bond acceptors (Lipinski definition) is 7. The van der Waals surface area contributed by atoms with Gasteiger partial charge in [0.15, 0.2) is 0 Å². The molecule has 0 saturated carbocycles. The number of carbonyl (C=O) groups excluding carboxylic acids is 1. The van der Waals surface area contributed by atoms with Gasteiger partial charge in [0.1, 0.15) is 0 Å². The number of rotatable bonds is 6. The minimum Gasteiger partial charge on any atom is -0.407 e. The van der Waals surface area contributed by atoms with Crippen LogP contribution in [0.25, 0.3) is 0 Å². The van der Waals surface area contributed by atoms with Gasteiger partial charge in [-0.25, -0.2) is 8.42 Å². The van der Waals surface area contributed by atoms with Gasteiger partial charge in [0.2, 0.25) is 15.9 Å². The number of sulfonamides is 1. The van der Waals surface area contributed by atoms with Gasteiger partial charge in [-0.15, -0.1) is 16.4 Å². The molecule has 0 spiro atoms. The van der Waals surface area contributed by atoms with Crippen molar-refractivity contribution in [1.29, 1.82) is 0 Å². The number of aromatic nitrogens is 2. The summed E-state index contributed by atoms with van der Waals surface area (Å²) in [6, 6.07) is 9.78. The van der Waals surface area contributed by atoms with E-state index in [-0.39, 0.29) is 17.0 Å². The van der Waals surface area contributed by atoms with Crippen molar-refractivity contribution in [2.45, 2.75) is 43.5 Å². The molecule has 2 aromatic heterocycles. The van der Waals surface area contributed by atoms with Gasteiger partial charge in [-0.3, -0.25) is 10.1 Å². The molecule has 0 aliphatic carbocycles. The summed E-state index contributed by atoms with van der Waals surface area (Å²) in [5, 5.41) is 12.3. The molecule has 1 unspecified atom stereocenters. The lowest BCUT2D eigenvalue weighted by Crippen LogP contribution is -2.41. The summed E-state index contributed by atoms with van der Waals surface area (Å²) in [6.07, 6.45) is 3.26. The lowest BCUT2D eigenvalue weighted by Gasteiger charge is -2.32. The number of nitrogens with one attached hydrogen (secondary N) is 1. The Labute approximate surface area is 179 Å². The van der Waals surface area contributed by atoms with Crippen LogP contribution in [0.4, 0.5) is 6.01 Å². The maximum absolute atomic E-state index is 12.9. The first-order chi connectivity index (χ1) is 14.4. The van der Waals surface area contributed by atoms with E-state index < -0.39 is 15.9 Å². The van der Waals surface area contributed by atoms with Crippen LogP contribution in [0.15, 0.2) is 51.1 Å². The molecule has 4 rings (SSSR count). The second-order valence-corrected chi connectivity index (χ2v) is 10.1. The summed E-state index contributed by atoms with van der Waals surface area (Å²) in [4.78, 5) is 13.7. The van der Waals surface area contributed by atoms with E-state index in [9.17, 15) is 13.2 Å². The van der Waals surface area contributed by atoms with Gasteiger partial charge in [0.05, 0.1) is 11.3 Å². The van der Waals surface area contributed by atoms with E-state index in [4.69, 9.17) is 4.42 Å². The summed E-state index contributed by atoms with van der Waals surface area (Å²) >= 11 is 1.58. The summed E-state index contributed by atoms with van der Waals surface area (Å²) in [5.41, 5.74) is 0.304. The zero-order valence-electron chi connectivity index (χ0n) is 16.4. The van der Waals surface area contributed by atoms with Gasteiger partial charge >= 0.3 is 6.01 Å². The van der Waals surface area contributed by atoms with Crippen LogP contribution in [0.3, 0.4) is 0 Å². The zero-order chi connectivity index (χ0) is 21.1. The minimum absolute atomic E-state index is 0.00500. The van der Waals surface area contributed by atoms with E-state index in [1.165, 1.54) is 24.3 Å². The van der Waals surface area contributed by atoms with E-state index >= 15 is 0 Å². The molecule has 1 aliphatic rings. The van der Waals surface area contributed by atoms with Crippen molar-refractivity contribution in [2.75, 3.05) is 11.9 Å². The van der Waals surface area contributed by atoms with Crippen LogP contribution < -0.4 is 5.32 Å². The van der Waals surface area contributed by atoms with Gasteiger partial charge in [-0.2, -0.15) is 4.31 Å². The SMILES string of the molecule is CC1CCCCN1S(=O)(=O)c1ccc(C(=O)Nc2nnc(Cc3cccs3)o2)cc1. The normalized spacial score (nSPS) is 17.7. The van der Waals surface area contributed by atoms with Crippen molar-refractivity contribution >= 4 is 33.3 Å². The number of benzene rings is 1. The van der Waals surface area contributed by atoms with Crippen LogP contribution in [-0.4, -0.2) is 41.4 Å². The smallest absolute Gasteiger partial charge is 0.322 e. The average molecular weight is 447 g/mol. The molecule has 1 aromatic carbocycles. The van der Waals surface area contributed by atoms with Gasteiger partial charge in [0.25, 0.3) is 5.91 Å². The molecule has 3 aromatic rings. The lowest BCUT2D eigenvalue weighted by molar-refractivity contribution is 0.102. The summed E-state index contributed by atoms with van der Waals surface area (Å²) in [5.74, 6) is -0.0403. The maximum Gasteiger partial charge on any atom is 0.322 e. The third-order valence-corrected chi connectivity index (χ3v) is 7.96. The highest BCUT2D eigenvalue weighted by Crippen LogP contribution is 2.25. The highest BCUT2D eigenvalue weighted by molar-refractivity contribution is 7.89. The Balaban J connectivity index is 1.42. The van der Waals surface area contributed by atoms with Crippen molar-refractivity contribution in [3.63, 3.8) is 0 Å². The number of piperidine rings is 1. The average Bonchev–Trinajstić information content (AvgIpc) is 3.41. The summed E-state index contributed by atoms with van der Waals surface area (Å²) in [7, 11) is -3.57. The minimum atomic E-state index is -3.57. The first kappa shape index (κ1) is 20.7. The predicted molar refractivity (Wildman–Crippen MR) is 113 cm³/mol. The molecule has 10 heteroatoms. The van der Waals surface area contributed by atoms with Crippen molar-refractivity contribution in [3.05, 3.63) is 58.1 Å². The number of thiophene rings is 1. The summed E-state index contributed by atoms with van der Waals surface area (Å²) < 4.78 is 32.8. The van der Waals surface area contributed by atoms with Crippen LogP contribution in [0.5, 0.6) is 0 Å². The first-order valence-corrected chi connectivity index (χ1v) is 12.0. The highest BCUT2D eigenvalue weighted by Gasteiger charge is 2.31. The van der Waals surface area contributed by atoms with Crippen LogP contribution in [0.2, 0.25) is 0 Å². The molecule has 1 saturated heterocycles. The van der Waals surface area contributed by atoms with Crippen LogP contribution >= 0.6 is 11.3 Å². The van der Waals surface area contributed by atoms with E-state index in [2.05, 4.69) is 15.5 Å². The molecule has 1 amide bonds. The van der Waals surface area contributed by atoms with E-state index in [1.807, 2.05) is 24.4 Å². The van der Waals surface area contributed by atoms with Crippen molar-refractivity contribution < 1.29 is 17.6 Å². The second kappa shape index (κ2) is 8.66. The maximum atomic E-state index is 12.9. The molecule has 1 N–H and O–H groups in total. The molecule has 1 aliphatic heterocycles. The monoisotopic (exact) mass is 446 g/mol. The third kappa shape index (κ3) is 4.45. The van der Waals surface area contributed by atoms with Crippen molar-refractivity contribution in [1.82, 2.24) is 14.5 Å². The Morgan fingerprint density at radius 1 is 1.23 bits per heavy atom. The third-order valence-electron chi connectivity index (χ3n) is 5.06. The number of nitrogens with zero attached hydrogens (tertiary/aromatic N) is 3. The predicted octanol–water partition coefficient (Wildman–Crippen LogP) is 3.54. The fraction of sp³-hybridized carbons (Fsp3) is 0.350. The number of anilines is 1. The fourth-order valence-electron chi connectivity index (χ4n) is 3.45. The Kier molecular flexibility index (Phi) is 5.98. The molecule has 158 valence electrons. The van der Waals surface area contributed by atoms with Crippen molar-refractivity contribution in [2.24, 2.45) is 0 Å². The molecule has 1 fully saturated rings. The fourth-order valence-corrected chi connectivity index (χ4v) is 5.84. The van der Waals surface area contributed by atoms with Gasteiger partial charge < -0.3 is 4.42 Å². The number of carbonyl (C=O) groups is 1. The van der Waals surface area contributed by atoms with Crippen molar-refractivity contribution in [3.8, 4) is 0 Å². The molecule has 8 nitrogen and oxygen atoms in total. The standard InChI is InChI=1S/C20H22N4O4S2/c1-14-5-2-3-11-24(14)30(26,27)17-9-7-15(8-10-17)19(25)21-20-23-22-18(28-20)13-16-6-4-12-29-16/h4,6-10,12,14H,2-3,5,11,13H2,1H3,(H,21,23,25). The van der Waals surface area contributed by atoms with E-state index in [1.54, 1.807) is 15.6 Å². The molecule has 30 heavy (non-hydrogen) atoms. The van der Waals surface area contributed by atoms with Gasteiger partial charge in [-0.1, -0.05) is 17.6 Å². The number of hydrogen-bond donors (Lipinski definition) is 1. The Bertz CT molecular complexity index is 1110. The molecule has 0 radical (unpaired) electrons. The van der Waals surface area contributed by atoms with Crippen LogP contribution in [-0.2, 0) is 16.4 Å². The van der Waals surface area contributed by atoms with Crippen LogP contribution in [0, 0.1) is 0 Å². The Morgan fingerprint density at radius 2 is 2.03 bits per heavy atom. The second-order valence-electron chi connectivity index (χ2n) is 7.20. The molecular formula is C20H22N4O4S2. The Hall–Kier alpha value is -2.56. The molecule has 1 atom stereocenters. The topological polar surface area (TPSA) is 105 Å². The first-order valence-electron chi connectivity index (χ1n) is 9.71. The lowest BCUT2D eigenvalue weighted by atomic mass is 10.1. The molecular weight excluding hydrogens is 424 g/mol. The van der Waals surface area contributed by atoms with Gasteiger partial charge in [0, 0.05) is 23.0 Å². The van der Waals surface area contributed by atoms with Gasteiger partial charge in [-0.05, 0) is 55.5 Å².